The summed E-state index contributed by atoms with van der Waals surface area (Å²) >= 11 is 6.31. The molecule has 7 heteroatoms. The zero-order valence-corrected chi connectivity index (χ0v) is 14.7. The highest BCUT2D eigenvalue weighted by molar-refractivity contribution is 6.34. The Bertz CT molecular complexity index is 695. The van der Waals surface area contributed by atoms with Crippen molar-refractivity contribution in [2.45, 2.75) is 25.9 Å². The number of methoxy groups -OCH3 is 3. The van der Waals surface area contributed by atoms with E-state index in [1.807, 2.05) is 0 Å². The number of hydrogen-bond donors (Lipinski definition) is 0. The second-order valence-electron chi connectivity index (χ2n) is 5.22. The number of ketones is 1. The van der Waals surface area contributed by atoms with Crippen LogP contribution in [0.25, 0.3) is 0 Å². The van der Waals surface area contributed by atoms with Gasteiger partial charge in [0.1, 0.15) is 27.8 Å². The molecule has 0 fully saturated rings. The molecule has 24 heavy (non-hydrogen) atoms. The number of allylic oxidation sites excluding steroid dienone is 1. The van der Waals surface area contributed by atoms with E-state index in [-0.39, 0.29) is 27.9 Å². The van der Waals surface area contributed by atoms with E-state index in [1.165, 1.54) is 27.4 Å². The van der Waals surface area contributed by atoms with Gasteiger partial charge in [0.15, 0.2) is 23.9 Å². The van der Waals surface area contributed by atoms with E-state index < -0.39 is 6.10 Å². The first-order valence-corrected chi connectivity index (χ1v) is 7.70. The predicted octanol–water partition coefficient (Wildman–Crippen LogP) is 3.20. The van der Waals surface area contributed by atoms with Crippen LogP contribution in [-0.2, 0) is 9.53 Å². The molecule has 0 saturated heterocycles. The third kappa shape index (κ3) is 3.19. The standard InChI is InChI=1S/C17H19ClO6/c1-9-11(20)5-6-12(16(9)23-4)24-17-10(8-19)13(21-2)7-14(22-3)15(17)18/h7-8,12H,5-6H2,1-4H3/t12-/m0/s1. The Balaban J connectivity index is 2.52. The summed E-state index contributed by atoms with van der Waals surface area (Å²) in [6.07, 6.45) is 0.836. The Hall–Kier alpha value is -2.21. The molecule has 0 heterocycles. The lowest BCUT2D eigenvalue weighted by atomic mass is 9.95. The van der Waals surface area contributed by atoms with Gasteiger partial charge >= 0.3 is 0 Å². The first-order valence-electron chi connectivity index (χ1n) is 7.32. The van der Waals surface area contributed by atoms with Crippen LogP contribution < -0.4 is 14.2 Å². The Morgan fingerprint density at radius 3 is 2.38 bits per heavy atom. The number of carbonyl (C=O) groups excluding carboxylic acids is 2. The lowest BCUT2D eigenvalue weighted by Crippen LogP contribution is -2.29. The predicted molar refractivity (Wildman–Crippen MR) is 88.3 cm³/mol. The van der Waals surface area contributed by atoms with Crippen LogP contribution in [-0.4, -0.2) is 39.5 Å². The molecule has 0 aromatic heterocycles. The molecule has 0 amide bonds. The molecule has 2 rings (SSSR count). The fourth-order valence-corrected chi connectivity index (χ4v) is 2.92. The fourth-order valence-electron chi connectivity index (χ4n) is 2.65. The molecule has 0 radical (unpaired) electrons. The summed E-state index contributed by atoms with van der Waals surface area (Å²) in [7, 11) is 4.36. The highest BCUT2D eigenvalue weighted by Gasteiger charge is 2.31. The zero-order valence-electron chi connectivity index (χ0n) is 14.0. The first-order chi connectivity index (χ1) is 11.5. The maximum absolute atomic E-state index is 11.8. The number of rotatable bonds is 6. The Labute approximate surface area is 145 Å². The molecule has 0 spiro atoms. The van der Waals surface area contributed by atoms with Crippen LogP contribution in [0, 0.1) is 0 Å². The summed E-state index contributed by atoms with van der Waals surface area (Å²) in [5, 5.41) is 0.158. The molecule has 0 unspecified atom stereocenters. The zero-order chi connectivity index (χ0) is 17.9. The van der Waals surface area contributed by atoms with Gasteiger partial charge in [0.2, 0.25) is 0 Å². The smallest absolute Gasteiger partial charge is 0.162 e. The van der Waals surface area contributed by atoms with Gasteiger partial charge in [-0.1, -0.05) is 11.6 Å². The lowest BCUT2D eigenvalue weighted by Gasteiger charge is -2.27. The van der Waals surface area contributed by atoms with E-state index in [0.29, 0.717) is 36.2 Å². The van der Waals surface area contributed by atoms with Crippen LogP contribution >= 0.6 is 11.6 Å². The molecule has 0 N–H and O–H groups in total. The molecule has 1 aromatic carbocycles. The van der Waals surface area contributed by atoms with Crippen molar-refractivity contribution >= 4 is 23.7 Å². The summed E-state index contributed by atoms with van der Waals surface area (Å²) in [6, 6.07) is 1.52. The molecule has 0 saturated carbocycles. The number of halogens is 1. The van der Waals surface area contributed by atoms with E-state index in [4.69, 9.17) is 30.5 Å². The summed E-state index contributed by atoms with van der Waals surface area (Å²) in [6.45, 7) is 1.69. The Kier molecular flexibility index (Phi) is 5.72. The number of Topliss-reactive ketones (excluding diaryl/α,β-unsaturated/α-hetero) is 1. The summed E-state index contributed by atoms with van der Waals surface area (Å²) in [5.41, 5.74) is 0.681. The van der Waals surface area contributed by atoms with Gasteiger partial charge in [-0.05, 0) is 13.3 Å². The van der Waals surface area contributed by atoms with Gasteiger partial charge in [0.25, 0.3) is 0 Å². The fraction of sp³-hybridized carbons (Fsp3) is 0.412. The normalized spacial score (nSPS) is 17.5. The Morgan fingerprint density at radius 1 is 1.17 bits per heavy atom. The monoisotopic (exact) mass is 354 g/mol. The summed E-state index contributed by atoms with van der Waals surface area (Å²) in [5.74, 6) is 1.19. The largest absolute Gasteiger partial charge is 0.497 e. The average Bonchev–Trinajstić information content (AvgIpc) is 2.59. The second kappa shape index (κ2) is 7.57. The highest BCUT2D eigenvalue weighted by atomic mass is 35.5. The maximum atomic E-state index is 11.8. The van der Waals surface area contributed by atoms with Crippen LogP contribution in [0.15, 0.2) is 17.4 Å². The summed E-state index contributed by atoms with van der Waals surface area (Å²) in [4.78, 5) is 23.3. The van der Waals surface area contributed by atoms with E-state index in [9.17, 15) is 9.59 Å². The van der Waals surface area contributed by atoms with Crippen molar-refractivity contribution in [3.63, 3.8) is 0 Å². The van der Waals surface area contributed by atoms with E-state index in [2.05, 4.69) is 0 Å². The SMILES string of the molecule is COC1=C(C)C(=O)CC[C@@H]1Oc1c(Cl)c(OC)cc(OC)c1C=O. The van der Waals surface area contributed by atoms with Crippen molar-refractivity contribution in [3.05, 3.63) is 28.0 Å². The number of ether oxygens (including phenoxy) is 4. The Morgan fingerprint density at radius 2 is 1.83 bits per heavy atom. The van der Waals surface area contributed by atoms with Gasteiger partial charge in [-0.15, -0.1) is 0 Å². The van der Waals surface area contributed by atoms with Gasteiger partial charge < -0.3 is 18.9 Å². The quantitative estimate of drug-likeness (QED) is 0.730. The second-order valence-corrected chi connectivity index (χ2v) is 5.60. The van der Waals surface area contributed by atoms with Gasteiger partial charge in [0.05, 0.1) is 21.3 Å². The van der Waals surface area contributed by atoms with Gasteiger partial charge in [-0.25, -0.2) is 0 Å². The maximum Gasteiger partial charge on any atom is 0.162 e. The molecule has 1 aromatic rings. The minimum atomic E-state index is -0.527. The molecule has 6 nitrogen and oxygen atoms in total. The first kappa shape index (κ1) is 18.1. The van der Waals surface area contributed by atoms with Gasteiger partial charge in [-0.3, -0.25) is 9.59 Å². The third-order valence-corrected chi connectivity index (χ3v) is 4.30. The van der Waals surface area contributed by atoms with Crippen molar-refractivity contribution in [2.75, 3.05) is 21.3 Å². The number of hydrogen-bond acceptors (Lipinski definition) is 6. The van der Waals surface area contributed by atoms with E-state index >= 15 is 0 Å². The molecule has 130 valence electrons. The van der Waals surface area contributed by atoms with Crippen LogP contribution in [0.4, 0.5) is 0 Å². The molecule has 1 atom stereocenters. The van der Waals surface area contributed by atoms with E-state index in [1.54, 1.807) is 6.92 Å². The van der Waals surface area contributed by atoms with Crippen molar-refractivity contribution in [2.24, 2.45) is 0 Å². The molecule has 1 aliphatic rings. The van der Waals surface area contributed by atoms with Crippen LogP contribution in [0.2, 0.25) is 5.02 Å². The highest BCUT2D eigenvalue weighted by Crippen LogP contribution is 2.43. The molecule has 0 aliphatic heterocycles. The number of benzene rings is 1. The van der Waals surface area contributed by atoms with Crippen LogP contribution in [0.5, 0.6) is 17.2 Å². The third-order valence-electron chi connectivity index (χ3n) is 3.94. The minimum Gasteiger partial charge on any atom is -0.497 e. The van der Waals surface area contributed by atoms with Gasteiger partial charge in [-0.2, -0.15) is 0 Å². The number of aldehydes is 1. The van der Waals surface area contributed by atoms with Crippen molar-refractivity contribution in [3.8, 4) is 17.2 Å². The molecular formula is C17H19ClO6. The van der Waals surface area contributed by atoms with Crippen molar-refractivity contribution in [1.82, 2.24) is 0 Å². The minimum absolute atomic E-state index is 0.0108. The number of carbonyl (C=O) groups is 2. The summed E-state index contributed by atoms with van der Waals surface area (Å²) < 4.78 is 21.7. The van der Waals surface area contributed by atoms with Crippen LogP contribution in [0.3, 0.4) is 0 Å². The van der Waals surface area contributed by atoms with Gasteiger partial charge in [0, 0.05) is 18.1 Å². The topological polar surface area (TPSA) is 71.1 Å². The molecule has 0 bridgehead atoms. The average molecular weight is 355 g/mol. The van der Waals surface area contributed by atoms with Crippen molar-refractivity contribution in [1.29, 1.82) is 0 Å². The molecule has 1 aliphatic carbocycles. The van der Waals surface area contributed by atoms with E-state index in [0.717, 1.165) is 0 Å². The van der Waals surface area contributed by atoms with Crippen LogP contribution in [0.1, 0.15) is 30.1 Å². The lowest BCUT2D eigenvalue weighted by molar-refractivity contribution is -0.117. The van der Waals surface area contributed by atoms with Crippen molar-refractivity contribution < 1.29 is 28.5 Å². The molecular weight excluding hydrogens is 336 g/mol.